The molecule has 3 N–H and O–H groups in total. The highest BCUT2D eigenvalue weighted by Crippen LogP contribution is 2.34. The first-order valence-corrected chi connectivity index (χ1v) is 5.84. The lowest BCUT2D eigenvalue weighted by Crippen LogP contribution is -2.30. The molecule has 1 heterocycles. The maximum absolute atomic E-state index is 11.0. The quantitative estimate of drug-likeness (QED) is 0.816. The maximum Gasteiger partial charge on any atom is 0.250 e. The second kappa shape index (κ2) is 4.89. The molecule has 2 rings (SSSR count). The second-order valence-electron chi connectivity index (χ2n) is 4.04. The van der Waals surface area contributed by atoms with Crippen molar-refractivity contribution in [3.8, 4) is 0 Å². The third kappa shape index (κ3) is 2.68. The van der Waals surface area contributed by atoms with Crippen molar-refractivity contribution in [2.75, 3.05) is 18.1 Å². The number of hydrogen-bond donors (Lipinski definition) is 2. The Morgan fingerprint density at radius 1 is 1.65 bits per heavy atom. The molecule has 0 aromatic carbocycles. The van der Waals surface area contributed by atoms with Crippen molar-refractivity contribution in [2.24, 2.45) is 5.73 Å². The lowest BCUT2D eigenvalue weighted by molar-refractivity contribution is 0.1000. The van der Waals surface area contributed by atoms with Gasteiger partial charge in [-0.05, 0) is 18.9 Å². The highest BCUT2D eigenvalue weighted by atomic mass is 35.5. The van der Waals surface area contributed by atoms with Crippen molar-refractivity contribution in [3.05, 3.63) is 22.8 Å². The predicted octanol–water partition coefficient (Wildman–Crippen LogP) is 0.795. The first-order chi connectivity index (χ1) is 8.13. The van der Waals surface area contributed by atoms with Gasteiger partial charge in [-0.2, -0.15) is 0 Å². The van der Waals surface area contributed by atoms with Crippen LogP contribution in [0.15, 0.2) is 12.3 Å². The molecule has 1 saturated carbocycles. The van der Waals surface area contributed by atoms with Gasteiger partial charge in [-0.1, -0.05) is 11.6 Å². The number of halogens is 1. The van der Waals surface area contributed by atoms with E-state index in [1.54, 1.807) is 0 Å². The monoisotopic (exact) mass is 255 g/mol. The topological polar surface area (TPSA) is 79.5 Å². The van der Waals surface area contributed by atoms with Crippen molar-refractivity contribution < 1.29 is 9.90 Å². The molecule has 5 nitrogen and oxygen atoms in total. The van der Waals surface area contributed by atoms with E-state index in [2.05, 4.69) is 4.98 Å². The molecule has 0 aliphatic heterocycles. The molecule has 0 bridgehead atoms. The number of carbonyl (C=O) groups is 1. The highest BCUT2D eigenvalue weighted by molar-refractivity contribution is 6.33. The molecule has 1 amide bonds. The van der Waals surface area contributed by atoms with Gasteiger partial charge in [-0.25, -0.2) is 4.98 Å². The Morgan fingerprint density at radius 2 is 2.35 bits per heavy atom. The number of rotatable bonds is 5. The number of nitrogens with zero attached hydrogens (tertiary/aromatic N) is 2. The molecule has 1 aromatic heterocycles. The third-order valence-corrected chi connectivity index (χ3v) is 2.99. The molecule has 6 heteroatoms. The number of aliphatic hydroxyl groups excluding tert-OH is 1. The van der Waals surface area contributed by atoms with Gasteiger partial charge < -0.3 is 15.7 Å². The number of nitrogens with two attached hydrogens (primary N) is 1. The largest absolute Gasteiger partial charge is 0.395 e. The molecular formula is C11H14ClN3O2. The average molecular weight is 256 g/mol. The molecule has 17 heavy (non-hydrogen) atoms. The number of carbonyl (C=O) groups excluding carboxylic acids is 1. The van der Waals surface area contributed by atoms with Crippen LogP contribution in [-0.2, 0) is 0 Å². The van der Waals surface area contributed by atoms with E-state index in [9.17, 15) is 4.79 Å². The molecule has 1 aliphatic carbocycles. The molecule has 0 atom stereocenters. The standard InChI is InChI=1S/C11H14ClN3O2/c12-9-5-7(10(13)17)6-14-11(9)15(3-4-16)8-1-2-8/h5-6,8,16H,1-4H2,(H2,13,17). The second-order valence-corrected chi connectivity index (χ2v) is 4.45. The van der Waals surface area contributed by atoms with Gasteiger partial charge in [0.25, 0.3) is 0 Å². The number of anilines is 1. The van der Waals surface area contributed by atoms with Crippen molar-refractivity contribution >= 4 is 23.3 Å². The molecule has 92 valence electrons. The smallest absolute Gasteiger partial charge is 0.250 e. The van der Waals surface area contributed by atoms with Crippen LogP contribution in [0.1, 0.15) is 23.2 Å². The Morgan fingerprint density at radius 3 is 2.82 bits per heavy atom. The summed E-state index contributed by atoms with van der Waals surface area (Å²) in [5.41, 5.74) is 5.44. The summed E-state index contributed by atoms with van der Waals surface area (Å²) in [6.07, 6.45) is 3.57. The summed E-state index contributed by atoms with van der Waals surface area (Å²) in [7, 11) is 0. The van der Waals surface area contributed by atoms with Crippen LogP contribution < -0.4 is 10.6 Å². The fourth-order valence-electron chi connectivity index (χ4n) is 1.73. The lowest BCUT2D eigenvalue weighted by atomic mass is 10.2. The van der Waals surface area contributed by atoms with Crippen molar-refractivity contribution in [2.45, 2.75) is 18.9 Å². The van der Waals surface area contributed by atoms with Gasteiger partial charge in [0, 0.05) is 18.8 Å². The molecule has 0 radical (unpaired) electrons. The minimum atomic E-state index is -0.550. The highest BCUT2D eigenvalue weighted by Gasteiger charge is 2.30. The summed E-state index contributed by atoms with van der Waals surface area (Å²) in [4.78, 5) is 17.1. The van der Waals surface area contributed by atoms with E-state index in [1.165, 1.54) is 12.3 Å². The Balaban J connectivity index is 2.27. The van der Waals surface area contributed by atoms with Crippen molar-refractivity contribution in [3.63, 3.8) is 0 Å². The fraction of sp³-hybridized carbons (Fsp3) is 0.455. The van der Waals surface area contributed by atoms with Crippen LogP contribution in [0.5, 0.6) is 0 Å². The fourth-order valence-corrected chi connectivity index (χ4v) is 2.01. The lowest BCUT2D eigenvalue weighted by Gasteiger charge is -2.23. The van der Waals surface area contributed by atoms with Crippen LogP contribution in [0.25, 0.3) is 0 Å². The third-order valence-electron chi connectivity index (χ3n) is 2.71. The molecule has 1 aromatic rings. The van der Waals surface area contributed by atoms with Crippen LogP contribution in [0.3, 0.4) is 0 Å². The Hall–Kier alpha value is -1.33. The van der Waals surface area contributed by atoms with E-state index in [0.717, 1.165) is 12.8 Å². The van der Waals surface area contributed by atoms with Crippen LogP contribution in [0, 0.1) is 0 Å². The number of primary amides is 1. The van der Waals surface area contributed by atoms with Crippen molar-refractivity contribution in [1.29, 1.82) is 0 Å². The first-order valence-electron chi connectivity index (χ1n) is 5.46. The summed E-state index contributed by atoms with van der Waals surface area (Å²) < 4.78 is 0. The van der Waals surface area contributed by atoms with Crippen LogP contribution in [0.2, 0.25) is 5.02 Å². The first kappa shape index (κ1) is 12.1. The van der Waals surface area contributed by atoms with Crippen molar-refractivity contribution in [1.82, 2.24) is 4.98 Å². The van der Waals surface area contributed by atoms with Crippen LogP contribution >= 0.6 is 11.6 Å². The zero-order chi connectivity index (χ0) is 12.4. The molecule has 0 spiro atoms. The van der Waals surface area contributed by atoms with Gasteiger partial charge in [0.2, 0.25) is 5.91 Å². The maximum atomic E-state index is 11.0. The Bertz CT molecular complexity index is 435. The minimum Gasteiger partial charge on any atom is -0.395 e. The zero-order valence-electron chi connectivity index (χ0n) is 9.27. The van der Waals surface area contributed by atoms with E-state index in [4.69, 9.17) is 22.4 Å². The minimum absolute atomic E-state index is 0.0477. The molecule has 0 unspecified atom stereocenters. The van der Waals surface area contributed by atoms with Gasteiger partial charge >= 0.3 is 0 Å². The Kier molecular flexibility index (Phi) is 3.49. The average Bonchev–Trinajstić information content (AvgIpc) is 3.10. The number of aromatic nitrogens is 1. The van der Waals surface area contributed by atoms with Gasteiger partial charge in [0.05, 0.1) is 17.2 Å². The number of amides is 1. The summed E-state index contributed by atoms with van der Waals surface area (Å²) in [5.74, 6) is 0.0549. The van der Waals surface area contributed by atoms with Gasteiger partial charge in [-0.3, -0.25) is 4.79 Å². The summed E-state index contributed by atoms with van der Waals surface area (Å²) in [5, 5.41) is 9.41. The number of hydrogen-bond acceptors (Lipinski definition) is 4. The van der Waals surface area contributed by atoms with Crippen LogP contribution in [0.4, 0.5) is 5.82 Å². The van der Waals surface area contributed by atoms with Crippen LogP contribution in [-0.4, -0.2) is 35.2 Å². The molecule has 1 aliphatic rings. The molecule has 0 saturated heterocycles. The zero-order valence-corrected chi connectivity index (χ0v) is 10.0. The number of pyridine rings is 1. The van der Waals surface area contributed by atoms with Gasteiger partial charge in [-0.15, -0.1) is 0 Å². The number of aliphatic hydroxyl groups is 1. The normalized spacial score (nSPS) is 14.7. The summed E-state index contributed by atoms with van der Waals surface area (Å²) >= 11 is 6.08. The van der Waals surface area contributed by atoms with E-state index in [1.807, 2.05) is 4.90 Å². The van der Waals surface area contributed by atoms with Gasteiger partial charge in [0.15, 0.2) is 0 Å². The Labute approximate surface area is 104 Å². The van der Waals surface area contributed by atoms with E-state index in [-0.39, 0.29) is 6.61 Å². The summed E-state index contributed by atoms with van der Waals surface area (Å²) in [6.45, 7) is 0.541. The van der Waals surface area contributed by atoms with E-state index >= 15 is 0 Å². The summed E-state index contributed by atoms with van der Waals surface area (Å²) in [6, 6.07) is 1.91. The van der Waals surface area contributed by atoms with E-state index in [0.29, 0.717) is 29.0 Å². The molecule has 1 fully saturated rings. The predicted molar refractivity (Wildman–Crippen MR) is 65.2 cm³/mol. The van der Waals surface area contributed by atoms with Gasteiger partial charge in [0.1, 0.15) is 5.82 Å². The molecular weight excluding hydrogens is 242 g/mol. The SMILES string of the molecule is NC(=O)c1cnc(N(CCO)C2CC2)c(Cl)c1. The van der Waals surface area contributed by atoms with E-state index < -0.39 is 5.91 Å².